The molecule has 7 aliphatic carbocycles. The van der Waals surface area contributed by atoms with Crippen LogP contribution in [0.1, 0.15) is 110 Å². The summed E-state index contributed by atoms with van der Waals surface area (Å²) in [6.45, 7) is 0.257. The van der Waals surface area contributed by atoms with Crippen molar-refractivity contribution in [1.29, 1.82) is 0 Å². The summed E-state index contributed by atoms with van der Waals surface area (Å²) in [4.78, 5) is 15.0. The van der Waals surface area contributed by atoms with Crippen LogP contribution in [0.25, 0.3) is 0 Å². The van der Waals surface area contributed by atoms with E-state index in [2.05, 4.69) is 41.4 Å². The number of carbonyl (C=O) groups excluding carboxylic acids is 1. The van der Waals surface area contributed by atoms with Gasteiger partial charge in [0.1, 0.15) is 5.78 Å². The first-order valence-electron chi connectivity index (χ1n) is 21.8. The highest BCUT2D eigenvalue weighted by molar-refractivity contribution is 5.81. The molecule has 302 valence electrons. The lowest BCUT2D eigenvalue weighted by Crippen LogP contribution is -2.83. The first-order valence-corrected chi connectivity index (χ1v) is 21.8. The van der Waals surface area contributed by atoms with Gasteiger partial charge in [-0.3, -0.25) is 4.79 Å². The van der Waals surface area contributed by atoms with Crippen LogP contribution in [0.5, 0.6) is 23.0 Å². The number of fused-ring (bicyclic) bond motifs is 3. The first kappa shape index (κ1) is 36.8. The maximum Gasteiger partial charge on any atom is 0.160 e. The molecule has 0 amide bonds. The highest BCUT2D eigenvalue weighted by Crippen LogP contribution is 2.81. The van der Waals surface area contributed by atoms with Crippen molar-refractivity contribution in [1.82, 2.24) is 5.32 Å². The fraction of sp³-hybridized carbons (Fsp3) is 0.540. The highest BCUT2D eigenvalue weighted by atomic mass is 16.5. The van der Waals surface area contributed by atoms with Gasteiger partial charge in [-0.2, -0.15) is 0 Å². The van der Waals surface area contributed by atoms with Gasteiger partial charge in [-0.1, -0.05) is 60.7 Å². The van der Waals surface area contributed by atoms with E-state index in [4.69, 9.17) is 4.74 Å². The van der Waals surface area contributed by atoms with Gasteiger partial charge in [0.25, 0.3) is 0 Å². The number of aliphatic hydroxyl groups excluding tert-OH is 1. The Morgan fingerprint density at radius 1 is 0.931 bits per heavy atom. The summed E-state index contributed by atoms with van der Waals surface area (Å²) in [5, 5.41) is 61.9. The number of benzene rings is 3. The summed E-state index contributed by atoms with van der Waals surface area (Å²) in [6.07, 6.45) is 14.6. The predicted molar refractivity (Wildman–Crippen MR) is 218 cm³/mol. The van der Waals surface area contributed by atoms with Crippen molar-refractivity contribution in [3.8, 4) is 34.8 Å². The number of carbonyl (C=O) groups is 1. The Morgan fingerprint density at radius 2 is 1.74 bits per heavy atom. The third-order valence-corrected chi connectivity index (χ3v) is 17.7. The Bertz CT molecular complexity index is 2310. The molecule has 3 spiro atoms. The van der Waals surface area contributed by atoms with Crippen molar-refractivity contribution in [3.63, 3.8) is 0 Å². The van der Waals surface area contributed by atoms with E-state index in [0.29, 0.717) is 37.3 Å². The standard InChI is InChI=1S/C50H55NO7/c1-58-43-22-36(32(27-52)19-42(43)56)35-20-34(53)25-48(57)15-17-49-16-14-46-13-11-33-8-5-12-47(33,28-46)38-24-44(46)50(49,39-23-41(55)40(54)21-37(38)39)45(48)31(26-51-49)10-9-30(35)18-29-6-3-2-4-7-29/h2-4,6-7,11,13,19,21-23,30-31,33,35,38,44-45,51-52,54-57H,5,8,12,14-18,20,24-28H2,1H3/t30-,31-,33+,35+,38+,44+,45-,46-,47+,48-,49+,50+/m0/s1. The maximum atomic E-state index is 15.0. The molecule has 1 aliphatic heterocycles. The lowest BCUT2D eigenvalue weighted by atomic mass is 9.27. The molecule has 6 N–H and O–H groups in total. The molecular formula is C50H55NO7. The minimum absolute atomic E-state index is 0.0176. The summed E-state index contributed by atoms with van der Waals surface area (Å²) < 4.78 is 5.56. The Morgan fingerprint density at radius 3 is 2.55 bits per heavy atom. The molecule has 8 nitrogen and oxygen atoms in total. The monoisotopic (exact) mass is 781 g/mol. The second-order valence-electron chi connectivity index (χ2n) is 19.8. The number of rotatable bonds is 5. The molecule has 3 aromatic rings. The van der Waals surface area contributed by atoms with E-state index in [-0.39, 0.29) is 88.3 Å². The number of ketones is 1. The van der Waals surface area contributed by atoms with Gasteiger partial charge in [-0.25, -0.2) is 0 Å². The molecule has 0 unspecified atom stereocenters. The van der Waals surface area contributed by atoms with E-state index in [1.807, 2.05) is 30.3 Å². The second-order valence-corrected chi connectivity index (χ2v) is 19.8. The van der Waals surface area contributed by atoms with E-state index in [0.717, 1.165) is 47.9 Å². The SMILES string of the molecule is COc1cc([C@@H]2CC(=O)C[C@@]3(O)CC[C@]45CC[C@@]67C=C[C@H]8CCC[C@]8(C6)[C@@H]6C[C@H]7[C@]4(c4cc(O)c(O)cc46)[C@H]3[C@@H](C#C[C@H]2Cc2ccccc2)CN5)c(CO)cc1O. The number of allylic oxidation sites excluding steroid dienone is 2. The van der Waals surface area contributed by atoms with Gasteiger partial charge in [0.2, 0.25) is 0 Å². The van der Waals surface area contributed by atoms with Crippen molar-refractivity contribution >= 4 is 5.78 Å². The molecule has 1 saturated heterocycles. The lowest BCUT2D eigenvalue weighted by Gasteiger charge is -2.79. The largest absolute Gasteiger partial charge is 0.504 e. The number of hydrogen-bond donors (Lipinski definition) is 6. The average Bonchev–Trinajstić information content (AvgIpc) is 3.63. The van der Waals surface area contributed by atoms with E-state index in [1.54, 1.807) is 6.07 Å². The van der Waals surface area contributed by atoms with Gasteiger partial charge in [-0.05, 0) is 138 Å². The number of aromatic hydroxyl groups is 3. The second kappa shape index (κ2) is 12.6. The normalized spacial score (nSPS) is 41.3. The van der Waals surface area contributed by atoms with Crippen LogP contribution in [-0.2, 0) is 23.2 Å². The fourth-order valence-electron chi connectivity index (χ4n) is 15.8. The van der Waals surface area contributed by atoms with Gasteiger partial charge >= 0.3 is 0 Å². The van der Waals surface area contributed by atoms with Crippen molar-refractivity contribution < 1.29 is 35.1 Å². The first-order chi connectivity index (χ1) is 28.0. The number of nitrogens with one attached hydrogen (secondary N) is 1. The van der Waals surface area contributed by atoms with Crippen LogP contribution >= 0.6 is 0 Å². The van der Waals surface area contributed by atoms with Crippen molar-refractivity contribution in [2.45, 2.75) is 112 Å². The van der Waals surface area contributed by atoms with Crippen LogP contribution in [-0.4, -0.2) is 56.1 Å². The number of hydrogen-bond acceptors (Lipinski definition) is 8. The van der Waals surface area contributed by atoms with Crippen LogP contribution in [0.4, 0.5) is 0 Å². The van der Waals surface area contributed by atoms with Gasteiger partial charge in [-0.15, -0.1) is 0 Å². The summed E-state index contributed by atoms with van der Waals surface area (Å²) >= 11 is 0. The molecule has 6 bridgehead atoms. The van der Waals surface area contributed by atoms with Gasteiger partial charge in [0, 0.05) is 54.0 Å². The molecule has 5 fully saturated rings. The van der Waals surface area contributed by atoms with Crippen LogP contribution in [0.15, 0.2) is 66.7 Å². The van der Waals surface area contributed by atoms with Crippen molar-refractivity contribution in [2.24, 2.45) is 40.4 Å². The molecule has 8 aliphatic rings. The third-order valence-electron chi connectivity index (χ3n) is 17.7. The zero-order valence-corrected chi connectivity index (χ0v) is 33.3. The number of piperidine rings is 1. The molecule has 58 heavy (non-hydrogen) atoms. The molecule has 0 radical (unpaired) electrons. The van der Waals surface area contributed by atoms with Crippen LogP contribution < -0.4 is 10.1 Å². The zero-order chi connectivity index (χ0) is 39.8. The van der Waals surface area contributed by atoms with Gasteiger partial charge in [0.15, 0.2) is 23.0 Å². The summed E-state index contributed by atoms with van der Waals surface area (Å²) in [5.41, 5.74) is 2.19. The van der Waals surface area contributed by atoms with E-state index >= 15 is 4.79 Å². The molecule has 8 heteroatoms. The molecule has 11 rings (SSSR count). The Hall–Kier alpha value is -4.29. The number of methoxy groups -OCH3 is 1. The van der Waals surface area contributed by atoms with Crippen LogP contribution in [0.3, 0.4) is 0 Å². The number of aliphatic hydroxyl groups is 2. The van der Waals surface area contributed by atoms with E-state index in [9.17, 15) is 25.5 Å². The maximum absolute atomic E-state index is 15.0. The quantitative estimate of drug-likeness (QED) is 0.0902. The van der Waals surface area contributed by atoms with E-state index < -0.39 is 22.9 Å². The zero-order valence-electron chi connectivity index (χ0n) is 33.3. The highest BCUT2D eigenvalue weighted by Gasteiger charge is 2.79. The number of ether oxygens (including phenoxy) is 1. The minimum atomic E-state index is -1.37. The molecular weight excluding hydrogens is 727 g/mol. The van der Waals surface area contributed by atoms with Crippen LogP contribution in [0, 0.1) is 52.3 Å². The Kier molecular flexibility index (Phi) is 7.99. The molecule has 0 aromatic heterocycles. The van der Waals surface area contributed by atoms with Crippen molar-refractivity contribution in [2.75, 3.05) is 13.7 Å². The summed E-state index contributed by atoms with van der Waals surface area (Å²) in [6, 6.07) is 17.2. The van der Waals surface area contributed by atoms with E-state index in [1.165, 1.54) is 32.4 Å². The summed E-state index contributed by atoms with van der Waals surface area (Å²) in [7, 11) is 1.49. The number of Topliss-reactive ketones (excluding diaryl/α,β-unsaturated/α-hetero) is 1. The Balaban J connectivity index is 1.14. The molecule has 12 atom stereocenters. The number of phenolic OH excluding ortho intramolecular Hbond substituents is 3. The number of phenols is 3. The van der Waals surface area contributed by atoms with Gasteiger partial charge in [0.05, 0.1) is 19.3 Å². The summed E-state index contributed by atoms with van der Waals surface area (Å²) in [5.74, 6) is 7.01. The average molecular weight is 782 g/mol. The third kappa shape index (κ3) is 4.73. The lowest BCUT2D eigenvalue weighted by molar-refractivity contribution is -0.231. The van der Waals surface area contributed by atoms with Crippen LogP contribution in [0.2, 0.25) is 0 Å². The molecule has 4 saturated carbocycles. The molecule has 3 aromatic carbocycles. The Labute approximate surface area is 340 Å². The topological polar surface area (TPSA) is 139 Å². The van der Waals surface area contributed by atoms with Crippen molar-refractivity contribution in [3.05, 3.63) is 94.6 Å². The minimum Gasteiger partial charge on any atom is -0.504 e. The smallest absolute Gasteiger partial charge is 0.160 e. The predicted octanol–water partition coefficient (Wildman–Crippen LogP) is 7.29. The fourth-order valence-corrected chi connectivity index (χ4v) is 15.8. The van der Waals surface area contributed by atoms with Gasteiger partial charge < -0.3 is 35.6 Å². The molecule has 1 heterocycles.